The number of aromatic amines is 1. The van der Waals surface area contributed by atoms with Gasteiger partial charge in [0.25, 0.3) is 11.5 Å². The van der Waals surface area contributed by atoms with Crippen LogP contribution in [0.5, 0.6) is 0 Å². The molecule has 2 aliphatic rings. The van der Waals surface area contributed by atoms with Crippen LogP contribution in [0.1, 0.15) is 34.7 Å². The zero-order valence-electron chi connectivity index (χ0n) is 15.0. The van der Waals surface area contributed by atoms with Crippen LogP contribution in [0.4, 0.5) is 0 Å². The highest BCUT2D eigenvalue weighted by atomic mass is 32.1. The lowest BCUT2D eigenvalue weighted by molar-refractivity contribution is 0.0222. The lowest BCUT2D eigenvalue weighted by Gasteiger charge is -2.49. The van der Waals surface area contributed by atoms with Crippen molar-refractivity contribution < 1.29 is 4.79 Å². The van der Waals surface area contributed by atoms with E-state index in [1.54, 1.807) is 16.9 Å². The van der Waals surface area contributed by atoms with Gasteiger partial charge in [0.1, 0.15) is 5.69 Å². The van der Waals surface area contributed by atoms with Crippen molar-refractivity contribution in [2.75, 3.05) is 26.7 Å². The van der Waals surface area contributed by atoms with E-state index in [4.69, 9.17) is 0 Å². The highest BCUT2D eigenvalue weighted by Crippen LogP contribution is 2.41. The van der Waals surface area contributed by atoms with Crippen molar-refractivity contribution in [2.45, 2.75) is 24.8 Å². The number of piperidine rings is 1. The first kappa shape index (κ1) is 16.6. The Morgan fingerprint density at radius 3 is 2.93 bits per heavy atom. The van der Waals surface area contributed by atoms with Crippen LogP contribution in [0.15, 0.2) is 28.8 Å². The molecule has 0 saturated carbocycles. The smallest absolute Gasteiger partial charge is 0.274 e. The third kappa shape index (κ3) is 2.45. The normalized spacial score (nSPS) is 19.5. The Bertz CT molecular complexity index is 1070. The maximum atomic E-state index is 13.1. The van der Waals surface area contributed by atoms with E-state index in [9.17, 15) is 9.59 Å². The van der Waals surface area contributed by atoms with Crippen molar-refractivity contribution in [2.24, 2.45) is 0 Å². The fourth-order valence-corrected chi connectivity index (χ4v) is 5.18. The molecule has 0 radical (unpaired) electrons. The van der Waals surface area contributed by atoms with Crippen molar-refractivity contribution in [3.63, 3.8) is 0 Å². The second-order valence-electron chi connectivity index (χ2n) is 7.26. The molecule has 2 aliphatic heterocycles. The first-order valence-electron chi connectivity index (χ1n) is 9.09. The largest absolute Gasteiger partial charge is 0.348 e. The Labute approximate surface area is 159 Å². The highest BCUT2D eigenvalue weighted by molar-refractivity contribution is 7.15. The van der Waals surface area contributed by atoms with Crippen molar-refractivity contribution in [3.05, 3.63) is 51.4 Å². The topological polar surface area (TPSA) is 86.6 Å². The molecular weight excluding hydrogens is 364 g/mol. The SMILES string of the molecule is CN1CCc2[nH]cnc2C12CCN(C(=O)c1cc(=O)nc3sccn13)CC2. The molecular formula is C18H20N6O2S. The molecule has 0 unspecified atom stereocenters. The second-order valence-corrected chi connectivity index (χ2v) is 8.13. The van der Waals surface area contributed by atoms with Gasteiger partial charge in [-0.25, -0.2) is 4.98 Å². The van der Waals surface area contributed by atoms with Crippen molar-refractivity contribution >= 4 is 22.2 Å². The summed E-state index contributed by atoms with van der Waals surface area (Å²) < 4.78 is 1.71. The fourth-order valence-electron chi connectivity index (χ4n) is 4.46. The van der Waals surface area contributed by atoms with E-state index in [-0.39, 0.29) is 17.0 Å². The van der Waals surface area contributed by atoms with E-state index in [2.05, 4.69) is 26.9 Å². The van der Waals surface area contributed by atoms with E-state index in [1.165, 1.54) is 23.1 Å². The van der Waals surface area contributed by atoms with Gasteiger partial charge in [0, 0.05) is 49.4 Å². The van der Waals surface area contributed by atoms with Crippen LogP contribution in [0.25, 0.3) is 4.96 Å². The average molecular weight is 384 g/mol. The Morgan fingerprint density at radius 2 is 2.11 bits per heavy atom. The summed E-state index contributed by atoms with van der Waals surface area (Å²) in [6.07, 6.45) is 6.21. The van der Waals surface area contributed by atoms with Crippen molar-refractivity contribution in [1.29, 1.82) is 0 Å². The zero-order chi connectivity index (χ0) is 18.6. The first-order chi connectivity index (χ1) is 13.1. The number of likely N-dealkylation sites (tertiary alicyclic amines) is 1. The van der Waals surface area contributed by atoms with Gasteiger partial charge in [-0.15, -0.1) is 11.3 Å². The van der Waals surface area contributed by atoms with Crippen LogP contribution in [0.3, 0.4) is 0 Å². The molecule has 1 amide bonds. The van der Waals surface area contributed by atoms with Crippen LogP contribution in [0.2, 0.25) is 0 Å². The average Bonchev–Trinajstić information content (AvgIpc) is 3.34. The minimum atomic E-state index is -0.373. The molecule has 0 aliphatic carbocycles. The number of fused-ring (bicyclic) bond motifs is 3. The van der Waals surface area contributed by atoms with Crippen LogP contribution in [-0.2, 0) is 12.0 Å². The number of hydrogen-bond acceptors (Lipinski definition) is 6. The number of carbonyl (C=O) groups excluding carboxylic acids is 1. The molecule has 5 rings (SSSR count). The fraction of sp³-hybridized carbons (Fsp3) is 0.444. The van der Waals surface area contributed by atoms with Gasteiger partial charge in [-0.3, -0.25) is 18.9 Å². The van der Waals surface area contributed by atoms with Gasteiger partial charge >= 0.3 is 0 Å². The number of carbonyl (C=O) groups is 1. The van der Waals surface area contributed by atoms with E-state index >= 15 is 0 Å². The number of imidazole rings is 1. The minimum Gasteiger partial charge on any atom is -0.348 e. The molecule has 3 aromatic rings. The van der Waals surface area contributed by atoms with E-state index in [0.29, 0.717) is 23.7 Å². The molecule has 5 heterocycles. The molecule has 8 nitrogen and oxygen atoms in total. The van der Waals surface area contributed by atoms with Gasteiger partial charge in [-0.1, -0.05) is 0 Å². The molecule has 0 atom stereocenters. The van der Waals surface area contributed by atoms with E-state index in [1.807, 2.05) is 10.3 Å². The van der Waals surface area contributed by atoms with E-state index in [0.717, 1.165) is 31.5 Å². The Balaban J connectivity index is 1.43. The summed E-state index contributed by atoms with van der Waals surface area (Å²) in [5.41, 5.74) is 2.25. The summed E-state index contributed by atoms with van der Waals surface area (Å²) in [7, 11) is 2.15. The lowest BCUT2D eigenvalue weighted by Crippen LogP contribution is -2.55. The molecule has 3 aromatic heterocycles. The third-order valence-corrected chi connectivity index (χ3v) is 6.76. The summed E-state index contributed by atoms with van der Waals surface area (Å²) in [4.78, 5) is 41.6. The molecule has 1 saturated heterocycles. The quantitative estimate of drug-likeness (QED) is 0.679. The maximum Gasteiger partial charge on any atom is 0.274 e. The van der Waals surface area contributed by atoms with Crippen LogP contribution >= 0.6 is 11.3 Å². The number of thiazole rings is 1. The first-order valence-corrected chi connectivity index (χ1v) is 9.97. The summed E-state index contributed by atoms with van der Waals surface area (Å²) in [5, 5.41) is 1.83. The predicted molar refractivity (Wildman–Crippen MR) is 101 cm³/mol. The molecule has 0 bridgehead atoms. The Morgan fingerprint density at radius 1 is 1.30 bits per heavy atom. The number of rotatable bonds is 1. The van der Waals surface area contributed by atoms with Gasteiger partial charge in [-0.2, -0.15) is 4.98 Å². The number of aromatic nitrogens is 4. The number of amides is 1. The third-order valence-electron chi connectivity index (χ3n) is 6.00. The van der Waals surface area contributed by atoms with Gasteiger partial charge in [0.2, 0.25) is 0 Å². The molecule has 27 heavy (non-hydrogen) atoms. The number of likely N-dealkylation sites (N-methyl/N-ethyl adjacent to an activating group) is 1. The highest BCUT2D eigenvalue weighted by Gasteiger charge is 2.45. The van der Waals surface area contributed by atoms with Gasteiger partial charge < -0.3 is 9.88 Å². The summed E-state index contributed by atoms with van der Waals surface area (Å²) in [5.74, 6) is -0.113. The van der Waals surface area contributed by atoms with Crippen LogP contribution < -0.4 is 5.56 Å². The number of H-pyrrole nitrogens is 1. The minimum absolute atomic E-state index is 0.113. The number of nitrogens with one attached hydrogen (secondary N) is 1. The predicted octanol–water partition coefficient (Wildman–Crippen LogP) is 1.10. The lowest BCUT2D eigenvalue weighted by atomic mass is 9.79. The number of nitrogens with zero attached hydrogens (tertiary/aromatic N) is 5. The molecule has 1 spiro atoms. The van der Waals surface area contributed by atoms with Gasteiger partial charge in [0.05, 0.1) is 17.6 Å². The molecule has 1 fully saturated rings. The molecule has 9 heteroatoms. The molecule has 1 N–H and O–H groups in total. The summed E-state index contributed by atoms with van der Waals surface area (Å²) in [6.45, 7) is 2.26. The summed E-state index contributed by atoms with van der Waals surface area (Å²) in [6, 6.07) is 1.34. The van der Waals surface area contributed by atoms with Crippen LogP contribution in [0, 0.1) is 0 Å². The number of hydrogen-bond donors (Lipinski definition) is 1. The van der Waals surface area contributed by atoms with E-state index < -0.39 is 0 Å². The summed E-state index contributed by atoms with van der Waals surface area (Å²) >= 11 is 1.35. The molecule has 140 valence electrons. The zero-order valence-corrected chi connectivity index (χ0v) is 15.8. The second kappa shape index (κ2) is 6.00. The molecule has 0 aromatic carbocycles. The maximum absolute atomic E-state index is 13.1. The van der Waals surface area contributed by atoms with Crippen molar-refractivity contribution in [3.8, 4) is 0 Å². The Hall–Kier alpha value is -2.52. The standard InChI is InChI=1S/C18H20N6O2S/c1-22-5-2-12-15(20-11-19-12)18(22)3-6-23(7-4-18)16(26)13-10-14(25)21-17-24(13)8-9-27-17/h8-11H,2-7H2,1H3,(H,19,20). The monoisotopic (exact) mass is 384 g/mol. The van der Waals surface area contributed by atoms with Crippen molar-refractivity contribution in [1.82, 2.24) is 29.2 Å². The van der Waals surface area contributed by atoms with Gasteiger partial charge in [0.15, 0.2) is 4.96 Å². The van der Waals surface area contributed by atoms with Gasteiger partial charge in [-0.05, 0) is 19.9 Å². The van der Waals surface area contributed by atoms with Crippen LogP contribution in [-0.4, -0.2) is 61.7 Å². The Kier molecular flexibility index (Phi) is 3.70.